The Labute approximate surface area is 119 Å². The molecule has 0 saturated carbocycles. The Balaban J connectivity index is 1.96. The van der Waals surface area contributed by atoms with Crippen molar-refractivity contribution in [2.45, 2.75) is 36.7 Å². The topological polar surface area (TPSA) is 29.9 Å². The molecule has 0 aliphatic carbocycles. The summed E-state index contributed by atoms with van der Waals surface area (Å²) in [6.45, 7) is 6.23. The summed E-state index contributed by atoms with van der Waals surface area (Å²) >= 11 is 1.75. The summed E-state index contributed by atoms with van der Waals surface area (Å²) in [7, 11) is 1.98. The van der Waals surface area contributed by atoms with Gasteiger partial charge in [0.15, 0.2) is 0 Å². The molecule has 0 unspecified atom stereocenters. The van der Waals surface area contributed by atoms with Crippen LogP contribution in [0.3, 0.4) is 0 Å². The minimum atomic E-state index is 0.948. The summed E-state index contributed by atoms with van der Waals surface area (Å²) in [6.07, 6.45) is 1.17. The molecule has 0 aliphatic rings. The highest BCUT2D eigenvalue weighted by atomic mass is 32.2. The molecule has 1 aromatic heterocycles. The summed E-state index contributed by atoms with van der Waals surface area (Å²) in [5.41, 5.74) is 2.39. The third kappa shape index (κ3) is 4.11. The fourth-order valence-electron chi connectivity index (χ4n) is 1.89. The number of benzene rings is 1. The second-order valence-corrected chi connectivity index (χ2v) is 5.76. The van der Waals surface area contributed by atoms with Gasteiger partial charge >= 0.3 is 0 Å². The summed E-state index contributed by atoms with van der Waals surface area (Å²) in [5.74, 6) is 0. The van der Waals surface area contributed by atoms with E-state index in [1.807, 2.05) is 18.7 Å². The van der Waals surface area contributed by atoms with E-state index in [9.17, 15) is 0 Å². The Kier molecular flexibility index (Phi) is 5.05. The molecule has 3 nitrogen and oxygen atoms in total. The Morgan fingerprint density at radius 3 is 2.58 bits per heavy atom. The second kappa shape index (κ2) is 6.78. The highest BCUT2D eigenvalue weighted by Crippen LogP contribution is 2.27. The Bertz CT molecular complexity index is 517. The van der Waals surface area contributed by atoms with Crippen LogP contribution in [0, 0.1) is 6.92 Å². The summed E-state index contributed by atoms with van der Waals surface area (Å²) in [5, 5.41) is 8.95. The number of hydrogen-bond acceptors (Lipinski definition) is 3. The first kappa shape index (κ1) is 14.2. The standard InChI is InChI=1S/C15H21N3S/c1-4-9-16-11-13-5-7-14(8-6-13)19-15-10-12(2)17-18(15)3/h5-8,10,16H,4,9,11H2,1-3H3. The summed E-state index contributed by atoms with van der Waals surface area (Å²) < 4.78 is 1.93. The van der Waals surface area contributed by atoms with Crippen LogP contribution >= 0.6 is 11.8 Å². The molecule has 102 valence electrons. The van der Waals surface area contributed by atoms with Gasteiger partial charge < -0.3 is 5.32 Å². The van der Waals surface area contributed by atoms with Crippen molar-refractivity contribution in [3.63, 3.8) is 0 Å². The fraction of sp³-hybridized carbons (Fsp3) is 0.400. The van der Waals surface area contributed by atoms with Gasteiger partial charge in [0.2, 0.25) is 0 Å². The van der Waals surface area contributed by atoms with Gasteiger partial charge in [0.1, 0.15) is 0 Å². The van der Waals surface area contributed by atoms with Crippen LogP contribution in [0.2, 0.25) is 0 Å². The predicted octanol–water partition coefficient (Wildman–Crippen LogP) is 3.38. The van der Waals surface area contributed by atoms with Crippen LogP contribution in [0.15, 0.2) is 40.3 Å². The molecule has 0 aliphatic heterocycles. The van der Waals surface area contributed by atoms with E-state index in [1.54, 1.807) is 11.8 Å². The normalized spacial score (nSPS) is 10.9. The summed E-state index contributed by atoms with van der Waals surface area (Å²) in [6, 6.07) is 10.8. The van der Waals surface area contributed by atoms with E-state index < -0.39 is 0 Å². The van der Waals surface area contributed by atoms with Crippen molar-refractivity contribution in [2.75, 3.05) is 6.54 Å². The van der Waals surface area contributed by atoms with E-state index in [2.05, 4.69) is 47.7 Å². The number of rotatable bonds is 6. The third-order valence-electron chi connectivity index (χ3n) is 2.86. The highest BCUT2D eigenvalue weighted by molar-refractivity contribution is 7.99. The largest absolute Gasteiger partial charge is 0.313 e. The van der Waals surface area contributed by atoms with Crippen molar-refractivity contribution in [3.8, 4) is 0 Å². The van der Waals surface area contributed by atoms with E-state index in [1.165, 1.54) is 21.9 Å². The van der Waals surface area contributed by atoms with Gasteiger partial charge in [0, 0.05) is 18.5 Å². The van der Waals surface area contributed by atoms with E-state index in [0.29, 0.717) is 0 Å². The molecule has 2 rings (SSSR count). The van der Waals surface area contributed by atoms with Gasteiger partial charge in [0.05, 0.1) is 10.7 Å². The molecule has 0 spiro atoms. The van der Waals surface area contributed by atoms with Crippen LogP contribution in [0.25, 0.3) is 0 Å². The number of aromatic nitrogens is 2. The molecular weight excluding hydrogens is 254 g/mol. The molecule has 0 bridgehead atoms. The number of nitrogens with one attached hydrogen (secondary N) is 1. The van der Waals surface area contributed by atoms with Gasteiger partial charge in [-0.05, 0) is 43.7 Å². The van der Waals surface area contributed by atoms with Crippen molar-refractivity contribution >= 4 is 11.8 Å². The van der Waals surface area contributed by atoms with Gasteiger partial charge in [0.25, 0.3) is 0 Å². The lowest BCUT2D eigenvalue weighted by Crippen LogP contribution is -2.13. The van der Waals surface area contributed by atoms with Crippen molar-refractivity contribution < 1.29 is 0 Å². The van der Waals surface area contributed by atoms with Crippen LogP contribution in [0.4, 0.5) is 0 Å². The lowest BCUT2D eigenvalue weighted by molar-refractivity contribution is 0.675. The zero-order valence-electron chi connectivity index (χ0n) is 11.8. The molecule has 4 heteroatoms. The summed E-state index contributed by atoms with van der Waals surface area (Å²) in [4.78, 5) is 1.25. The minimum absolute atomic E-state index is 0.948. The predicted molar refractivity (Wildman–Crippen MR) is 80.5 cm³/mol. The molecule has 0 atom stereocenters. The highest BCUT2D eigenvalue weighted by Gasteiger charge is 2.04. The van der Waals surface area contributed by atoms with Crippen LogP contribution in [-0.4, -0.2) is 16.3 Å². The number of hydrogen-bond donors (Lipinski definition) is 1. The first-order valence-electron chi connectivity index (χ1n) is 6.67. The molecule has 19 heavy (non-hydrogen) atoms. The molecule has 2 aromatic rings. The monoisotopic (exact) mass is 275 g/mol. The lowest BCUT2D eigenvalue weighted by Gasteiger charge is -2.05. The average molecular weight is 275 g/mol. The quantitative estimate of drug-likeness (QED) is 0.820. The maximum Gasteiger partial charge on any atom is 0.0986 e. The Morgan fingerprint density at radius 1 is 1.26 bits per heavy atom. The van der Waals surface area contributed by atoms with Crippen LogP contribution in [0.1, 0.15) is 24.6 Å². The van der Waals surface area contributed by atoms with Crippen LogP contribution in [0.5, 0.6) is 0 Å². The van der Waals surface area contributed by atoms with E-state index in [-0.39, 0.29) is 0 Å². The van der Waals surface area contributed by atoms with Crippen LogP contribution < -0.4 is 5.32 Å². The third-order valence-corrected chi connectivity index (χ3v) is 3.96. The first-order valence-corrected chi connectivity index (χ1v) is 7.49. The maximum atomic E-state index is 4.36. The number of nitrogens with zero attached hydrogens (tertiary/aromatic N) is 2. The van der Waals surface area contributed by atoms with Crippen LogP contribution in [-0.2, 0) is 13.6 Å². The van der Waals surface area contributed by atoms with Gasteiger partial charge in [-0.25, -0.2) is 0 Å². The van der Waals surface area contributed by atoms with Gasteiger partial charge in [-0.15, -0.1) is 0 Å². The zero-order chi connectivity index (χ0) is 13.7. The Hall–Kier alpha value is -1.26. The van der Waals surface area contributed by atoms with Crippen molar-refractivity contribution in [1.82, 2.24) is 15.1 Å². The molecule has 1 heterocycles. The van der Waals surface area contributed by atoms with Crippen molar-refractivity contribution in [2.24, 2.45) is 7.05 Å². The molecule has 0 saturated heterocycles. The second-order valence-electron chi connectivity index (χ2n) is 4.67. The van der Waals surface area contributed by atoms with Gasteiger partial charge in [-0.3, -0.25) is 4.68 Å². The lowest BCUT2D eigenvalue weighted by atomic mass is 10.2. The zero-order valence-corrected chi connectivity index (χ0v) is 12.6. The molecule has 1 N–H and O–H groups in total. The first-order chi connectivity index (χ1) is 9.19. The molecular formula is C15H21N3S. The average Bonchev–Trinajstić information content (AvgIpc) is 2.70. The maximum absolute atomic E-state index is 4.36. The van der Waals surface area contributed by atoms with Crippen molar-refractivity contribution in [1.29, 1.82) is 0 Å². The number of aryl methyl sites for hydroxylation is 2. The van der Waals surface area contributed by atoms with Gasteiger partial charge in [-0.2, -0.15) is 5.10 Å². The molecule has 0 amide bonds. The minimum Gasteiger partial charge on any atom is -0.313 e. The SMILES string of the molecule is CCCNCc1ccc(Sc2cc(C)nn2C)cc1. The van der Waals surface area contributed by atoms with E-state index in [4.69, 9.17) is 0 Å². The fourth-order valence-corrected chi connectivity index (χ4v) is 2.80. The van der Waals surface area contributed by atoms with E-state index >= 15 is 0 Å². The molecule has 0 radical (unpaired) electrons. The molecule has 1 aromatic carbocycles. The molecule has 0 fully saturated rings. The van der Waals surface area contributed by atoms with E-state index in [0.717, 1.165) is 18.8 Å². The van der Waals surface area contributed by atoms with Gasteiger partial charge in [-0.1, -0.05) is 30.8 Å². The Morgan fingerprint density at radius 2 is 2.00 bits per heavy atom. The smallest absolute Gasteiger partial charge is 0.0986 e. The van der Waals surface area contributed by atoms with Crippen molar-refractivity contribution in [3.05, 3.63) is 41.6 Å².